The van der Waals surface area contributed by atoms with Gasteiger partial charge in [0.2, 0.25) is 0 Å². The molecule has 3 heteroatoms. The van der Waals surface area contributed by atoms with Crippen LogP contribution in [0.2, 0.25) is 0 Å². The number of rotatable bonds is 2. The molecule has 1 fully saturated rings. The van der Waals surface area contributed by atoms with Crippen LogP contribution < -0.4 is 5.32 Å². The highest BCUT2D eigenvalue weighted by atomic mass is 15.0. The summed E-state index contributed by atoms with van der Waals surface area (Å²) in [5, 5.41) is 3.52. The highest BCUT2D eigenvalue weighted by Crippen LogP contribution is 2.21. The van der Waals surface area contributed by atoms with Gasteiger partial charge in [0, 0.05) is 12.2 Å². The number of nitrogens with zero attached hydrogens (tertiary/aromatic N) is 2. The summed E-state index contributed by atoms with van der Waals surface area (Å²) in [4.78, 5) is 8.81. The molecule has 82 valence electrons. The van der Waals surface area contributed by atoms with Gasteiger partial charge in [0.1, 0.15) is 5.82 Å². The summed E-state index contributed by atoms with van der Waals surface area (Å²) in [5.74, 6) is 0.974. The van der Waals surface area contributed by atoms with Crippen LogP contribution in [0.15, 0.2) is 6.20 Å². The average molecular weight is 205 g/mol. The van der Waals surface area contributed by atoms with Gasteiger partial charge in [-0.15, -0.1) is 0 Å². The minimum Gasteiger partial charge on any atom is -0.366 e. The summed E-state index contributed by atoms with van der Waals surface area (Å²) >= 11 is 0. The normalized spacial score (nSPS) is 17.7. The largest absolute Gasteiger partial charge is 0.366 e. The standard InChI is InChI=1S/C12H19N3/c1-9-8-13-10(2)12(14-9)15-11-6-4-3-5-7-11/h8,11H,3-7H2,1-2H3,(H,14,15). The van der Waals surface area contributed by atoms with Gasteiger partial charge >= 0.3 is 0 Å². The van der Waals surface area contributed by atoms with Gasteiger partial charge in [-0.2, -0.15) is 0 Å². The van der Waals surface area contributed by atoms with Crippen molar-refractivity contribution in [2.24, 2.45) is 0 Å². The van der Waals surface area contributed by atoms with Gasteiger partial charge in [0.05, 0.1) is 11.4 Å². The minimum absolute atomic E-state index is 0.605. The van der Waals surface area contributed by atoms with Crippen molar-refractivity contribution in [2.45, 2.75) is 52.0 Å². The molecule has 3 nitrogen and oxygen atoms in total. The van der Waals surface area contributed by atoms with Crippen LogP contribution >= 0.6 is 0 Å². The summed E-state index contributed by atoms with van der Waals surface area (Å²) in [7, 11) is 0. The zero-order chi connectivity index (χ0) is 10.7. The Labute approximate surface area is 91.3 Å². The molecule has 0 radical (unpaired) electrons. The second kappa shape index (κ2) is 4.60. The molecule has 1 heterocycles. The molecular formula is C12H19N3. The summed E-state index contributed by atoms with van der Waals surface area (Å²) in [6.45, 7) is 4.00. The minimum atomic E-state index is 0.605. The lowest BCUT2D eigenvalue weighted by Crippen LogP contribution is -2.23. The van der Waals surface area contributed by atoms with E-state index in [1.807, 2.05) is 20.0 Å². The first-order valence-corrected chi connectivity index (χ1v) is 5.82. The van der Waals surface area contributed by atoms with E-state index in [0.717, 1.165) is 17.2 Å². The second-order valence-corrected chi connectivity index (χ2v) is 4.42. The molecule has 0 atom stereocenters. The molecule has 1 aliphatic rings. The Hall–Kier alpha value is -1.12. The third-order valence-electron chi connectivity index (χ3n) is 3.02. The summed E-state index contributed by atoms with van der Waals surface area (Å²) in [6, 6.07) is 0.605. The van der Waals surface area contributed by atoms with Gasteiger partial charge in [-0.05, 0) is 26.7 Å². The summed E-state index contributed by atoms with van der Waals surface area (Å²) < 4.78 is 0. The Kier molecular flexibility index (Phi) is 3.19. The topological polar surface area (TPSA) is 37.8 Å². The third kappa shape index (κ3) is 2.67. The number of hydrogen-bond donors (Lipinski definition) is 1. The molecule has 1 N–H and O–H groups in total. The Morgan fingerprint density at radius 2 is 1.93 bits per heavy atom. The molecule has 0 spiro atoms. The molecule has 1 saturated carbocycles. The summed E-state index contributed by atoms with van der Waals surface area (Å²) in [5.41, 5.74) is 1.99. The predicted molar refractivity (Wildman–Crippen MR) is 62.0 cm³/mol. The van der Waals surface area contributed by atoms with E-state index in [-0.39, 0.29) is 0 Å². The SMILES string of the molecule is Cc1cnc(C)c(NC2CCCCC2)n1. The van der Waals surface area contributed by atoms with Gasteiger partial charge in [-0.3, -0.25) is 4.98 Å². The molecule has 0 aromatic carbocycles. The number of aromatic nitrogens is 2. The van der Waals surface area contributed by atoms with Crippen LogP contribution in [0.5, 0.6) is 0 Å². The fraction of sp³-hybridized carbons (Fsp3) is 0.667. The van der Waals surface area contributed by atoms with E-state index in [1.165, 1.54) is 32.1 Å². The monoisotopic (exact) mass is 205 g/mol. The maximum Gasteiger partial charge on any atom is 0.147 e. The third-order valence-corrected chi connectivity index (χ3v) is 3.02. The zero-order valence-electron chi connectivity index (χ0n) is 9.58. The second-order valence-electron chi connectivity index (χ2n) is 4.42. The number of nitrogens with one attached hydrogen (secondary N) is 1. The molecule has 0 unspecified atom stereocenters. The molecule has 15 heavy (non-hydrogen) atoms. The van der Waals surface area contributed by atoms with Gasteiger partial charge in [-0.25, -0.2) is 4.98 Å². The van der Waals surface area contributed by atoms with Crippen molar-refractivity contribution in [3.05, 3.63) is 17.6 Å². The number of anilines is 1. The first kappa shape index (κ1) is 10.4. The molecule has 0 bridgehead atoms. The first-order chi connectivity index (χ1) is 7.25. The maximum atomic E-state index is 4.49. The van der Waals surface area contributed by atoms with Gasteiger partial charge < -0.3 is 5.32 Å². The molecular weight excluding hydrogens is 186 g/mol. The lowest BCUT2D eigenvalue weighted by atomic mass is 9.95. The first-order valence-electron chi connectivity index (χ1n) is 5.82. The maximum absolute atomic E-state index is 4.49. The van der Waals surface area contributed by atoms with E-state index in [2.05, 4.69) is 15.3 Å². The Morgan fingerprint density at radius 3 is 2.67 bits per heavy atom. The van der Waals surface area contributed by atoms with Crippen molar-refractivity contribution < 1.29 is 0 Å². The van der Waals surface area contributed by atoms with E-state index in [0.29, 0.717) is 6.04 Å². The fourth-order valence-corrected chi connectivity index (χ4v) is 2.11. The van der Waals surface area contributed by atoms with Crippen LogP contribution in [0.1, 0.15) is 43.5 Å². The van der Waals surface area contributed by atoms with Crippen molar-refractivity contribution in [1.82, 2.24) is 9.97 Å². The Morgan fingerprint density at radius 1 is 1.20 bits per heavy atom. The predicted octanol–water partition coefficient (Wildman–Crippen LogP) is 2.84. The summed E-state index contributed by atoms with van der Waals surface area (Å²) in [6.07, 6.45) is 8.44. The van der Waals surface area contributed by atoms with E-state index in [9.17, 15) is 0 Å². The lowest BCUT2D eigenvalue weighted by Gasteiger charge is -2.23. The average Bonchev–Trinajstić information content (AvgIpc) is 2.25. The van der Waals surface area contributed by atoms with Crippen molar-refractivity contribution in [3.63, 3.8) is 0 Å². The lowest BCUT2D eigenvalue weighted by molar-refractivity contribution is 0.461. The van der Waals surface area contributed by atoms with Crippen LogP contribution in [0.4, 0.5) is 5.82 Å². The molecule has 2 rings (SSSR count). The van der Waals surface area contributed by atoms with E-state index in [4.69, 9.17) is 0 Å². The van der Waals surface area contributed by atoms with Gasteiger partial charge in [0.15, 0.2) is 0 Å². The highest BCUT2D eigenvalue weighted by Gasteiger charge is 2.14. The molecule has 0 aliphatic heterocycles. The van der Waals surface area contributed by atoms with Crippen LogP contribution in [-0.4, -0.2) is 16.0 Å². The number of hydrogen-bond acceptors (Lipinski definition) is 3. The van der Waals surface area contributed by atoms with E-state index < -0.39 is 0 Å². The zero-order valence-corrected chi connectivity index (χ0v) is 9.58. The van der Waals surface area contributed by atoms with Crippen LogP contribution in [-0.2, 0) is 0 Å². The van der Waals surface area contributed by atoms with Crippen LogP contribution in [0.25, 0.3) is 0 Å². The van der Waals surface area contributed by atoms with E-state index in [1.54, 1.807) is 0 Å². The molecule has 1 aliphatic carbocycles. The van der Waals surface area contributed by atoms with Crippen molar-refractivity contribution in [1.29, 1.82) is 0 Å². The van der Waals surface area contributed by atoms with Crippen LogP contribution in [0, 0.1) is 13.8 Å². The molecule has 0 amide bonds. The van der Waals surface area contributed by atoms with Crippen LogP contribution in [0.3, 0.4) is 0 Å². The quantitative estimate of drug-likeness (QED) is 0.806. The molecule has 1 aromatic rings. The Bertz CT molecular complexity index is 330. The van der Waals surface area contributed by atoms with Gasteiger partial charge in [0.25, 0.3) is 0 Å². The van der Waals surface area contributed by atoms with Gasteiger partial charge in [-0.1, -0.05) is 19.3 Å². The van der Waals surface area contributed by atoms with Crippen molar-refractivity contribution in [2.75, 3.05) is 5.32 Å². The molecule has 1 aromatic heterocycles. The Balaban J connectivity index is 2.05. The number of aryl methyl sites for hydroxylation is 2. The van der Waals surface area contributed by atoms with Crippen molar-refractivity contribution >= 4 is 5.82 Å². The molecule has 0 saturated heterocycles. The van der Waals surface area contributed by atoms with Crippen molar-refractivity contribution in [3.8, 4) is 0 Å². The van der Waals surface area contributed by atoms with E-state index >= 15 is 0 Å². The smallest absolute Gasteiger partial charge is 0.147 e. The fourth-order valence-electron chi connectivity index (χ4n) is 2.11. The highest BCUT2D eigenvalue weighted by molar-refractivity contribution is 5.40.